The molecule has 0 spiro atoms. The Labute approximate surface area is 114 Å². The van der Waals surface area contributed by atoms with Gasteiger partial charge in [0.1, 0.15) is 5.75 Å². The van der Waals surface area contributed by atoms with Crippen molar-refractivity contribution in [3.05, 3.63) is 29.8 Å². The Morgan fingerprint density at radius 2 is 1.90 bits per heavy atom. The first-order valence-corrected chi connectivity index (χ1v) is 6.04. The van der Waals surface area contributed by atoms with Gasteiger partial charge in [0.05, 0.1) is 6.61 Å². The SMILES string of the molecule is Cc1ccc(OCCCC(=O)NOCC(F)(F)F)cc1. The van der Waals surface area contributed by atoms with Gasteiger partial charge in [-0.1, -0.05) is 17.7 Å². The quantitative estimate of drug-likeness (QED) is 0.620. The summed E-state index contributed by atoms with van der Waals surface area (Å²) in [4.78, 5) is 15.1. The number of hydroxylamine groups is 1. The lowest BCUT2D eigenvalue weighted by Crippen LogP contribution is -2.29. The molecule has 1 N–H and O–H groups in total. The molecule has 20 heavy (non-hydrogen) atoms. The predicted octanol–water partition coefficient (Wildman–Crippen LogP) is 2.76. The molecule has 0 saturated heterocycles. The van der Waals surface area contributed by atoms with Gasteiger partial charge in [-0.25, -0.2) is 5.48 Å². The van der Waals surface area contributed by atoms with Crippen LogP contribution in [0.15, 0.2) is 24.3 Å². The molecule has 1 amide bonds. The van der Waals surface area contributed by atoms with Crippen LogP contribution < -0.4 is 10.2 Å². The van der Waals surface area contributed by atoms with Crippen molar-refractivity contribution in [2.45, 2.75) is 25.9 Å². The zero-order valence-electron chi connectivity index (χ0n) is 11.0. The first kappa shape index (κ1) is 16.3. The van der Waals surface area contributed by atoms with Gasteiger partial charge in [0, 0.05) is 6.42 Å². The third kappa shape index (κ3) is 7.63. The van der Waals surface area contributed by atoms with E-state index in [2.05, 4.69) is 4.84 Å². The average Bonchev–Trinajstić information content (AvgIpc) is 2.35. The molecule has 0 bridgehead atoms. The third-order valence-electron chi connectivity index (χ3n) is 2.26. The maximum atomic E-state index is 11.7. The summed E-state index contributed by atoms with van der Waals surface area (Å²) in [5.74, 6) is 0.0751. The van der Waals surface area contributed by atoms with Crippen molar-refractivity contribution in [1.29, 1.82) is 0 Å². The average molecular weight is 291 g/mol. The van der Waals surface area contributed by atoms with E-state index in [0.717, 1.165) is 5.56 Å². The van der Waals surface area contributed by atoms with E-state index in [1.165, 1.54) is 0 Å². The van der Waals surface area contributed by atoms with Gasteiger partial charge in [0.15, 0.2) is 6.61 Å². The molecule has 0 aliphatic carbocycles. The summed E-state index contributed by atoms with van der Waals surface area (Å²) in [6, 6.07) is 7.41. The van der Waals surface area contributed by atoms with Gasteiger partial charge in [0.2, 0.25) is 5.91 Å². The van der Waals surface area contributed by atoms with Crippen molar-refractivity contribution in [3.8, 4) is 5.75 Å². The number of benzene rings is 1. The van der Waals surface area contributed by atoms with Crippen LogP contribution in [-0.2, 0) is 9.63 Å². The normalized spacial score (nSPS) is 11.2. The molecule has 1 aromatic rings. The second-order valence-electron chi connectivity index (χ2n) is 4.19. The van der Waals surface area contributed by atoms with E-state index < -0.39 is 18.7 Å². The van der Waals surface area contributed by atoms with Crippen molar-refractivity contribution in [1.82, 2.24) is 5.48 Å². The summed E-state index contributed by atoms with van der Waals surface area (Å²) in [6.45, 7) is 0.753. The minimum atomic E-state index is -4.46. The minimum Gasteiger partial charge on any atom is -0.494 e. The molecule has 0 saturated carbocycles. The van der Waals surface area contributed by atoms with Crippen molar-refractivity contribution >= 4 is 5.91 Å². The van der Waals surface area contributed by atoms with Gasteiger partial charge in [-0.15, -0.1) is 0 Å². The van der Waals surface area contributed by atoms with E-state index in [0.29, 0.717) is 18.8 Å². The molecule has 0 aliphatic rings. The largest absolute Gasteiger partial charge is 0.494 e. The highest BCUT2D eigenvalue weighted by molar-refractivity contribution is 5.74. The summed E-state index contributed by atoms with van der Waals surface area (Å²) in [5.41, 5.74) is 2.84. The summed E-state index contributed by atoms with van der Waals surface area (Å²) in [7, 11) is 0. The van der Waals surface area contributed by atoms with Crippen molar-refractivity contribution in [2.75, 3.05) is 13.2 Å². The molecule has 0 radical (unpaired) electrons. The fourth-order valence-electron chi connectivity index (χ4n) is 1.31. The van der Waals surface area contributed by atoms with Crippen LogP contribution in [0.4, 0.5) is 13.2 Å². The van der Waals surface area contributed by atoms with Crippen LogP contribution in [0.2, 0.25) is 0 Å². The van der Waals surface area contributed by atoms with E-state index in [1.807, 2.05) is 31.2 Å². The number of amides is 1. The van der Waals surface area contributed by atoms with Crippen molar-refractivity contribution in [2.24, 2.45) is 0 Å². The first-order chi connectivity index (χ1) is 9.37. The Bertz CT molecular complexity index is 418. The molecule has 0 unspecified atom stereocenters. The van der Waals surface area contributed by atoms with Gasteiger partial charge >= 0.3 is 6.18 Å². The Hall–Kier alpha value is -1.76. The van der Waals surface area contributed by atoms with E-state index in [4.69, 9.17) is 4.74 Å². The number of carbonyl (C=O) groups is 1. The van der Waals surface area contributed by atoms with Crippen LogP contribution in [0.1, 0.15) is 18.4 Å². The maximum Gasteiger partial charge on any atom is 0.414 e. The molecule has 112 valence electrons. The molecular weight excluding hydrogens is 275 g/mol. The molecule has 0 aromatic heterocycles. The number of alkyl halides is 3. The highest BCUT2D eigenvalue weighted by Crippen LogP contribution is 2.14. The fourth-order valence-corrected chi connectivity index (χ4v) is 1.31. The van der Waals surface area contributed by atoms with Crippen LogP contribution in [0.5, 0.6) is 5.75 Å². The van der Waals surface area contributed by atoms with Gasteiger partial charge in [0.25, 0.3) is 0 Å². The Morgan fingerprint density at radius 3 is 2.50 bits per heavy atom. The zero-order valence-corrected chi connectivity index (χ0v) is 11.0. The number of aryl methyl sites for hydroxylation is 1. The van der Waals surface area contributed by atoms with Crippen LogP contribution in [-0.4, -0.2) is 25.3 Å². The molecule has 1 rings (SSSR count). The van der Waals surface area contributed by atoms with Gasteiger partial charge < -0.3 is 4.74 Å². The van der Waals surface area contributed by atoms with Gasteiger partial charge in [-0.05, 0) is 25.5 Å². The van der Waals surface area contributed by atoms with Gasteiger partial charge in [-0.2, -0.15) is 13.2 Å². The molecule has 0 fully saturated rings. The molecular formula is C13H16F3NO3. The van der Waals surface area contributed by atoms with Crippen molar-refractivity contribution in [3.63, 3.8) is 0 Å². The number of carbonyl (C=O) groups excluding carboxylic acids is 1. The van der Waals surface area contributed by atoms with Gasteiger partial charge in [-0.3, -0.25) is 9.63 Å². The summed E-state index contributed by atoms with van der Waals surface area (Å²) in [5, 5.41) is 0. The summed E-state index contributed by atoms with van der Waals surface area (Å²) < 4.78 is 40.6. The number of hydrogen-bond donors (Lipinski definition) is 1. The zero-order chi connectivity index (χ0) is 15.0. The lowest BCUT2D eigenvalue weighted by Gasteiger charge is -2.09. The molecule has 0 aliphatic heterocycles. The number of hydrogen-bond acceptors (Lipinski definition) is 3. The first-order valence-electron chi connectivity index (χ1n) is 6.04. The van der Waals surface area contributed by atoms with Crippen LogP contribution in [0.25, 0.3) is 0 Å². The lowest BCUT2D eigenvalue weighted by atomic mass is 10.2. The van der Waals surface area contributed by atoms with Crippen LogP contribution >= 0.6 is 0 Å². The van der Waals surface area contributed by atoms with E-state index in [1.54, 1.807) is 5.48 Å². The smallest absolute Gasteiger partial charge is 0.414 e. The minimum absolute atomic E-state index is 0.0315. The second kappa shape index (κ2) is 7.74. The highest BCUT2D eigenvalue weighted by Gasteiger charge is 2.28. The standard InChI is InChI=1S/C13H16F3NO3/c1-10-4-6-11(7-5-10)19-8-2-3-12(18)17-20-9-13(14,15)16/h4-7H,2-3,8-9H2,1H3,(H,17,18). The maximum absolute atomic E-state index is 11.7. The number of halogens is 3. The molecule has 7 heteroatoms. The Balaban J connectivity index is 2.09. The fraction of sp³-hybridized carbons (Fsp3) is 0.462. The highest BCUT2D eigenvalue weighted by atomic mass is 19.4. The van der Waals surface area contributed by atoms with Crippen LogP contribution in [0.3, 0.4) is 0 Å². The van der Waals surface area contributed by atoms with Crippen LogP contribution in [0, 0.1) is 6.92 Å². The number of rotatable bonds is 7. The molecule has 0 atom stereocenters. The lowest BCUT2D eigenvalue weighted by molar-refractivity contribution is -0.191. The number of ether oxygens (including phenoxy) is 1. The van der Waals surface area contributed by atoms with E-state index in [9.17, 15) is 18.0 Å². The topological polar surface area (TPSA) is 47.6 Å². The third-order valence-corrected chi connectivity index (χ3v) is 2.26. The number of nitrogens with one attached hydrogen (secondary N) is 1. The summed E-state index contributed by atoms with van der Waals surface area (Å²) in [6.07, 6.45) is -4.04. The molecule has 0 heterocycles. The van der Waals surface area contributed by atoms with E-state index in [-0.39, 0.29) is 6.42 Å². The molecule has 1 aromatic carbocycles. The van der Waals surface area contributed by atoms with Crippen molar-refractivity contribution < 1.29 is 27.5 Å². The summed E-state index contributed by atoms with van der Waals surface area (Å²) >= 11 is 0. The predicted molar refractivity (Wildman–Crippen MR) is 66.1 cm³/mol. The second-order valence-corrected chi connectivity index (χ2v) is 4.19. The Morgan fingerprint density at radius 1 is 1.25 bits per heavy atom. The monoisotopic (exact) mass is 291 g/mol. The Kier molecular flexibility index (Phi) is 6.30. The van der Waals surface area contributed by atoms with E-state index >= 15 is 0 Å². The molecule has 4 nitrogen and oxygen atoms in total.